The average molecular weight is 319 g/mol. The van der Waals surface area contributed by atoms with E-state index in [9.17, 15) is 19.2 Å². The summed E-state index contributed by atoms with van der Waals surface area (Å²) in [6.07, 6.45) is -0.412. The first-order valence-corrected chi connectivity index (χ1v) is 6.62. The Morgan fingerprint density at radius 1 is 1.00 bits per heavy atom. The van der Waals surface area contributed by atoms with Crippen LogP contribution in [0, 0.1) is 0 Å². The van der Waals surface area contributed by atoms with Gasteiger partial charge in [0.15, 0.2) is 5.66 Å². The van der Waals surface area contributed by atoms with E-state index in [1.165, 1.54) is 0 Å². The minimum atomic E-state index is -2.07. The van der Waals surface area contributed by atoms with Gasteiger partial charge in [-0.05, 0) is 25.7 Å². The Hall–Kier alpha value is -2.20. The fourth-order valence-corrected chi connectivity index (χ4v) is 1.63. The number of hydrogen-bond donors (Lipinski definition) is 6. The van der Waals surface area contributed by atoms with Gasteiger partial charge in [-0.1, -0.05) is 0 Å². The van der Waals surface area contributed by atoms with Gasteiger partial charge in [-0.3, -0.25) is 20.1 Å². The molecule has 0 spiro atoms. The average Bonchev–Trinajstić information content (AvgIpc) is 2.40. The van der Waals surface area contributed by atoms with E-state index in [1.54, 1.807) is 0 Å². The number of hydrogen-bond acceptors (Lipinski definition) is 6. The number of rotatable bonds is 11. The molecule has 2 atom stereocenters. The van der Waals surface area contributed by atoms with Gasteiger partial charge in [-0.15, -0.1) is 0 Å². The van der Waals surface area contributed by atoms with Crippen LogP contribution in [-0.4, -0.2) is 50.8 Å². The van der Waals surface area contributed by atoms with Crippen molar-refractivity contribution in [3.8, 4) is 0 Å². The van der Waals surface area contributed by atoms with Crippen molar-refractivity contribution in [2.24, 2.45) is 11.5 Å². The minimum Gasteiger partial charge on any atom is -0.481 e. The molecule has 0 saturated heterocycles. The lowest BCUT2D eigenvalue weighted by atomic mass is 10.0. The van der Waals surface area contributed by atoms with Gasteiger partial charge < -0.3 is 26.4 Å². The van der Waals surface area contributed by atoms with Crippen LogP contribution in [0.15, 0.2) is 0 Å². The van der Waals surface area contributed by atoms with Crippen LogP contribution in [-0.2, 0) is 19.2 Å². The van der Waals surface area contributed by atoms with Crippen LogP contribution in [0.4, 0.5) is 0 Å². The summed E-state index contributed by atoms with van der Waals surface area (Å²) in [6.45, 7) is 0. The van der Waals surface area contributed by atoms with Gasteiger partial charge in [0.25, 0.3) is 0 Å². The van der Waals surface area contributed by atoms with Crippen LogP contribution in [0.3, 0.4) is 0 Å². The van der Waals surface area contributed by atoms with Crippen molar-refractivity contribution >= 4 is 23.8 Å². The second-order valence-electron chi connectivity index (χ2n) is 4.91. The Kier molecular flexibility index (Phi) is 8.05. The zero-order chi connectivity index (χ0) is 17.3. The van der Waals surface area contributed by atoms with Crippen LogP contribution >= 0.6 is 0 Å². The first-order valence-electron chi connectivity index (χ1n) is 6.62. The second-order valence-corrected chi connectivity index (χ2v) is 4.91. The molecule has 0 radical (unpaired) electrons. The van der Waals surface area contributed by atoms with Crippen LogP contribution < -0.4 is 16.8 Å². The van der Waals surface area contributed by atoms with E-state index >= 15 is 0 Å². The Bertz CT molecular complexity index is 440. The zero-order valence-corrected chi connectivity index (χ0v) is 11.9. The molecule has 10 nitrogen and oxygen atoms in total. The molecule has 22 heavy (non-hydrogen) atoms. The molecule has 126 valence electrons. The van der Waals surface area contributed by atoms with Crippen molar-refractivity contribution < 1.29 is 34.5 Å². The second kappa shape index (κ2) is 8.95. The molecular formula is C12H21N3O7. The molecule has 1 amide bonds. The molecule has 0 aliphatic carbocycles. The predicted octanol–water partition coefficient (Wildman–Crippen LogP) is -1.32. The molecule has 0 heterocycles. The number of aliphatic carboxylic acids is 3. The number of carbonyl (C=O) groups is 4. The summed E-state index contributed by atoms with van der Waals surface area (Å²) < 4.78 is 0. The highest BCUT2D eigenvalue weighted by molar-refractivity contribution is 5.89. The van der Waals surface area contributed by atoms with Gasteiger partial charge in [0.2, 0.25) is 5.91 Å². The van der Waals surface area contributed by atoms with Gasteiger partial charge in [-0.25, -0.2) is 4.79 Å². The van der Waals surface area contributed by atoms with E-state index < -0.39 is 35.5 Å². The topological polar surface area (TPSA) is 193 Å². The molecule has 0 aliphatic heterocycles. The van der Waals surface area contributed by atoms with Gasteiger partial charge in [0.05, 0.1) is 6.04 Å². The van der Waals surface area contributed by atoms with Gasteiger partial charge in [0.1, 0.15) is 0 Å². The summed E-state index contributed by atoms with van der Waals surface area (Å²) in [5.41, 5.74) is 8.99. The van der Waals surface area contributed by atoms with Crippen molar-refractivity contribution in [1.82, 2.24) is 5.32 Å². The highest BCUT2D eigenvalue weighted by Gasteiger charge is 2.36. The Labute approximate surface area is 126 Å². The highest BCUT2D eigenvalue weighted by Crippen LogP contribution is 2.11. The number of carboxylic acid groups (broad SMARTS) is 3. The summed E-state index contributed by atoms with van der Waals surface area (Å²) >= 11 is 0. The van der Waals surface area contributed by atoms with Gasteiger partial charge in [-0.2, -0.15) is 0 Å². The number of nitrogens with one attached hydrogen (secondary N) is 1. The summed E-state index contributed by atoms with van der Waals surface area (Å²) in [5, 5.41) is 28.2. The molecule has 0 bridgehead atoms. The van der Waals surface area contributed by atoms with Crippen molar-refractivity contribution in [1.29, 1.82) is 0 Å². The van der Waals surface area contributed by atoms with E-state index in [2.05, 4.69) is 5.32 Å². The van der Waals surface area contributed by atoms with E-state index in [1.807, 2.05) is 0 Å². The molecule has 0 aromatic rings. The summed E-state index contributed by atoms with van der Waals surface area (Å²) in [6, 6.07) is -1.20. The lowest BCUT2D eigenvalue weighted by Gasteiger charge is -2.27. The molecule has 10 heteroatoms. The largest absolute Gasteiger partial charge is 0.481 e. The summed E-state index contributed by atoms with van der Waals surface area (Å²) in [7, 11) is 0. The van der Waals surface area contributed by atoms with Crippen molar-refractivity contribution in [3.05, 3.63) is 0 Å². The molecule has 0 aromatic carbocycles. The number of nitrogens with two attached hydrogens (primary N) is 2. The lowest BCUT2D eigenvalue weighted by Crippen LogP contribution is -2.64. The Morgan fingerprint density at radius 3 is 2.00 bits per heavy atom. The maximum atomic E-state index is 11.8. The summed E-state index contributed by atoms with van der Waals surface area (Å²) in [5.74, 6) is -4.50. The van der Waals surface area contributed by atoms with Crippen molar-refractivity contribution in [2.75, 3.05) is 0 Å². The minimum absolute atomic E-state index is 0.137. The lowest BCUT2D eigenvalue weighted by molar-refractivity contribution is -0.148. The molecule has 8 N–H and O–H groups in total. The quantitative estimate of drug-likeness (QED) is 0.198. The Morgan fingerprint density at radius 2 is 1.55 bits per heavy atom. The molecule has 0 fully saturated rings. The maximum Gasteiger partial charge on any atom is 0.344 e. The number of carbonyl (C=O) groups excluding carboxylic acids is 1. The summed E-state index contributed by atoms with van der Waals surface area (Å²) in [4.78, 5) is 43.7. The fourth-order valence-electron chi connectivity index (χ4n) is 1.63. The third kappa shape index (κ3) is 7.55. The van der Waals surface area contributed by atoms with Gasteiger partial charge in [0, 0.05) is 12.8 Å². The van der Waals surface area contributed by atoms with E-state index in [4.69, 9.17) is 26.8 Å². The van der Waals surface area contributed by atoms with Crippen molar-refractivity contribution in [3.63, 3.8) is 0 Å². The van der Waals surface area contributed by atoms with Crippen LogP contribution in [0.2, 0.25) is 0 Å². The number of carboxylic acids is 3. The molecule has 0 saturated carbocycles. The smallest absolute Gasteiger partial charge is 0.344 e. The molecule has 0 aliphatic rings. The third-order valence-electron chi connectivity index (χ3n) is 2.95. The number of unbranched alkanes of at least 4 members (excludes halogenated alkanes) is 1. The zero-order valence-electron chi connectivity index (χ0n) is 11.9. The Balaban J connectivity index is 4.53. The number of amides is 1. The maximum absolute atomic E-state index is 11.8. The monoisotopic (exact) mass is 319 g/mol. The third-order valence-corrected chi connectivity index (χ3v) is 2.95. The van der Waals surface area contributed by atoms with Crippen LogP contribution in [0.25, 0.3) is 0 Å². The van der Waals surface area contributed by atoms with Crippen molar-refractivity contribution in [2.45, 2.75) is 50.2 Å². The highest BCUT2D eigenvalue weighted by atomic mass is 16.4. The SMILES string of the molecule is N[C@@H](CCC(=O)O)C(=O)NC(N)(CCCCC(=O)O)C(=O)O. The van der Waals surface area contributed by atoms with E-state index in [-0.39, 0.29) is 38.5 Å². The standard InChI is InChI=1S/C12H21N3O7/c13-7(4-5-9(18)19)10(20)15-12(14,11(21)22)6-2-1-3-8(16)17/h7H,1-6,13-14H2,(H,15,20)(H,16,17)(H,18,19)(H,21,22)/t7-,12?/m0/s1. The fraction of sp³-hybridized carbons (Fsp3) is 0.667. The first kappa shape index (κ1) is 19.8. The predicted molar refractivity (Wildman–Crippen MR) is 73.6 cm³/mol. The van der Waals surface area contributed by atoms with E-state index in [0.717, 1.165) is 0 Å². The molecule has 0 aromatic heterocycles. The first-order chi connectivity index (χ1) is 10.1. The van der Waals surface area contributed by atoms with Crippen LogP contribution in [0.5, 0.6) is 0 Å². The molecular weight excluding hydrogens is 298 g/mol. The molecule has 1 unspecified atom stereocenters. The van der Waals surface area contributed by atoms with E-state index in [0.29, 0.717) is 0 Å². The molecule has 0 rings (SSSR count). The van der Waals surface area contributed by atoms with Crippen LogP contribution in [0.1, 0.15) is 38.5 Å². The van der Waals surface area contributed by atoms with Gasteiger partial charge >= 0.3 is 17.9 Å². The normalized spacial score (nSPS) is 14.6.